The third-order valence-corrected chi connectivity index (χ3v) is 4.94. The number of Topliss-reactive ketones (excluding diaryl/α,β-unsaturated/α-hetero) is 1. The van der Waals surface area contributed by atoms with Crippen LogP contribution in [0.4, 0.5) is 0 Å². The van der Waals surface area contributed by atoms with Crippen LogP contribution in [0, 0.1) is 0 Å². The fourth-order valence-electron chi connectivity index (χ4n) is 1.80. The molecule has 1 atom stereocenters. The topological polar surface area (TPSA) is 17.1 Å². The van der Waals surface area contributed by atoms with Gasteiger partial charge >= 0.3 is 0 Å². The molecule has 0 aromatic heterocycles. The van der Waals surface area contributed by atoms with E-state index in [0.717, 1.165) is 28.6 Å². The third-order valence-electron chi connectivity index (χ3n) is 2.67. The van der Waals surface area contributed by atoms with Crippen molar-refractivity contribution in [3.05, 3.63) is 33.3 Å². The summed E-state index contributed by atoms with van der Waals surface area (Å²) in [6.45, 7) is 0. The van der Waals surface area contributed by atoms with Crippen molar-refractivity contribution < 1.29 is 4.79 Å². The van der Waals surface area contributed by atoms with Gasteiger partial charge in [-0.2, -0.15) is 11.8 Å². The summed E-state index contributed by atoms with van der Waals surface area (Å²) < 4.78 is 0.948. The molecule has 0 amide bonds. The summed E-state index contributed by atoms with van der Waals surface area (Å²) in [6, 6.07) is 5.69. The van der Waals surface area contributed by atoms with E-state index in [9.17, 15) is 4.79 Å². The van der Waals surface area contributed by atoms with Gasteiger partial charge in [0.1, 0.15) is 5.78 Å². The molecule has 0 bridgehead atoms. The van der Waals surface area contributed by atoms with E-state index in [0.29, 0.717) is 17.2 Å². The highest BCUT2D eigenvalue weighted by molar-refractivity contribution is 9.10. The van der Waals surface area contributed by atoms with Crippen molar-refractivity contribution in [3.8, 4) is 0 Å². The van der Waals surface area contributed by atoms with Gasteiger partial charge in [-0.15, -0.1) is 0 Å². The number of halogens is 2. The van der Waals surface area contributed by atoms with Crippen LogP contribution in [-0.2, 0) is 11.2 Å². The lowest BCUT2D eigenvalue weighted by atomic mass is 10.0. The van der Waals surface area contributed by atoms with Crippen molar-refractivity contribution in [2.24, 2.45) is 0 Å². The number of carbonyl (C=O) groups excluding carboxylic acids is 1. The van der Waals surface area contributed by atoms with E-state index in [-0.39, 0.29) is 5.25 Å². The smallest absolute Gasteiger partial charge is 0.150 e. The van der Waals surface area contributed by atoms with Crippen LogP contribution in [0.2, 0.25) is 5.02 Å². The second-order valence-corrected chi connectivity index (χ2v) is 6.51. The number of hydrogen-bond acceptors (Lipinski definition) is 2. The van der Waals surface area contributed by atoms with Gasteiger partial charge in [-0.1, -0.05) is 33.6 Å². The molecular weight excluding hydrogens is 308 g/mol. The van der Waals surface area contributed by atoms with Crippen molar-refractivity contribution in [1.82, 2.24) is 0 Å². The van der Waals surface area contributed by atoms with Crippen molar-refractivity contribution in [3.63, 3.8) is 0 Å². The zero-order valence-electron chi connectivity index (χ0n) is 8.71. The first-order chi connectivity index (χ1) is 7.66. The van der Waals surface area contributed by atoms with Crippen molar-refractivity contribution >= 4 is 45.1 Å². The molecule has 1 unspecified atom stereocenters. The number of ketones is 1. The average Bonchev–Trinajstić information content (AvgIpc) is 2.75. The van der Waals surface area contributed by atoms with Crippen LogP contribution in [0.5, 0.6) is 0 Å². The van der Waals surface area contributed by atoms with Gasteiger partial charge in [-0.05, 0) is 36.3 Å². The minimum atomic E-state index is 0.194. The standard InChI is InChI=1S/C12H12BrClOS/c13-9-4-3-8(10(14)7-9)6-11(15)12-2-1-5-16-12/h3-4,7,12H,1-2,5-6H2. The monoisotopic (exact) mass is 318 g/mol. The Bertz CT molecular complexity index is 402. The largest absolute Gasteiger partial charge is 0.298 e. The molecule has 0 N–H and O–H groups in total. The Balaban J connectivity index is 2.05. The van der Waals surface area contributed by atoms with Crippen LogP contribution in [0.15, 0.2) is 22.7 Å². The zero-order valence-corrected chi connectivity index (χ0v) is 11.9. The minimum absolute atomic E-state index is 0.194. The average molecular weight is 320 g/mol. The van der Waals surface area contributed by atoms with Gasteiger partial charge in [0.15, 0.2) is 0 Å². The Kier molecular flexibility index (Phi) is 4.34. The predicted octanol–water partition coefficient (Wildman–Crippen LogP) is 4.11. The zero-order chi connectivity index (χ0) is 11.5. The Morgan fingerprint density at radius 1 is 1.56 bits per heavy atom. The first kappa shape index (κ1) is 12.5. The molecule has 1 heterocycles. The summed E-state index contributed by atoms with van der Waals surface area (Å²) in [7, 11) is 0. The summed E-state index contributed by atoms with van der Waals surface area (Å²) >= 11 is 11.2. The highest BCUT2D eigenvalue weighted by Crippen LogP contribution is 2.29. The molecule has 0 radical (unpaired) electrons. The second-order valence-electron chi connectivity index (χ2n) is 3.88. The molecule has 0 spiro atoms. The van der Waals surface area contributed by atoms with Gasteiger partial charge in [-0.25, -0.2) is 0 Å². The minimum Gasteiger partial charge on any atom is -0.298 e. The third kappa shape index (κ3) is 3.02. The molecule has 1 aliphatic rings. The van der Waals surface area contributed by atoms with E-state index in [1.165, 1.54) is 0 Å². The van der Waals surface area contributed by atoms with Crippen LogP contribution in [-0.4, -0.2) is 16.8 Å². The first-order valence-electron chi connectivity index (χ1n) is 5.25. The number of carbonyl (C=O) groups is 1. The van der Waals surface area contributed by atoms with Crippen molar-refractivity contribution in [2.75, 3.05) is 5.75 Å². The van der Waals surface area contributed by atoms with E-state index in [4.69, 9.17) is 11.6 Å². The summed E-state index contributed by atoms with van der Waals surface area (Å²) in [5, 5.41) is 0.866. The molecule has 86 valence electrons. The maximum absolute atomic E-state index is 12.0. The Morgan fingerprint density at radius 2 is 2.38 bits per heavy atom. The van der Waals surface area contributed by atoms with E-state index in [1.54, 1.807) is 11.8 Å². The van der Waals surface area contributed by atoms with Gasteiger partial charge in [0.05, 0.1) is 5.25 Å². The molecular formula is C12H12BrClOS. The van der Waals surface area contributed by atoms with Crippen molar-refractivity contribution in [2.45, 2.75) is 24.5 Å². The Labute approximate surface area is 113 Å². The normalized spacial score (nSPS) is 20.0. The maximum Gasteiger partial charge on any atom is 0.150 e. The van der Waals surface area contributed by atoms with Gasteiger partial charge in [-0.3, -0.25) is 4.79 Å². The number of hydrogen-bond donors (Lipinski definition) is 0. The molecule has 1 aliphatic heterocycles. The first-order valence-corrected chi connectivity index (χ1v) is 7.47. The summed E-state index contributed by atoms with van der Waals surface area (Å²) in [5.74, 6) is 1.43. The molecule has 4 heteroatoms. The van der Waals surface area contributed by atoms with Crippen LogP contribution in [0.3, 0.4) is 0 Å². The van der Waals surface area contributed by atoms with Gasteiger partial charge in [0, 0.05) is 15.9 Å². The number of benzene rings is 1. The molecule has 2 rings (SSSR count). The lowest BCUT2D eigenvalue weighted by Crippen LogP contribution is -2.16. The van der Waals surface area contributed by atoms with Crippen LogP contribution in [0.1, 0.15) is 18.4 Å². The fraction of sp³-hybridized carbons (Fsp3) is 0.417. The molecule has 1 saturated heterocycles. The molecule has 1 nitrogen and oxygen atoms in total. The van der Waals surface area contributed by atoms with Gasteiger partial charge in [0.2, 0.25) is 0 Å². The molecule has 1 aromatic rings. The molecule has 1 aromatic carbocycles. The summed E-state index contributed by atoms with van der Waals surface area (Å²) in [5.41, 5.74) is 0.933. The Morgan fingerprint density at radius 3 is 3.00 bits per heavy atom. The highest BCUT2D eigenvalue weighted by Gasteiger charge is 2.23. The van der Waals surface area contributed by atoms with E-state index >= 15 is 0 Å². The molecule has 0 aliphatic carbocycles. The fourth-order valence-corrected chi connectivity index (χ4v) is 3.76. The van der Waals surface area contributed by atoms with Gasteiger partial charge < -0.3 is 0 Å². The van der Waals surface area contributed by atoms with Crippen LogP contribution < -0.4 is 0 Å². The molecule has 0 saturated carbocycles. The second kappa shape index (κ2) is 5.56. The quantitative estimate of drug-likeness (QED) is 0.834. The predicted molar refractivity (Wildman–Crippen MR) is 73.3 cm³/mol. The lowest BCUT2D eigenvalue weighted by molar-refractivity contribution is -0.117. The number of rotatable bonds is 3. The van der Waals surface area contributed by atoms with E-state index in [1.807, 2.05) is 18.2 Å². The van der Waals surface area contributed by atoms with Gasteiger partial charge in [0.25, 0.3) is 0 Å². The van der Waals surface area contributed by atoms with Crippen molar-refractivity contribution in [1.29, 1.82) is 0 Å². The Hall–Kier alpha value is 0.01000. The molecule has 16 heavy (non-hydrogen) atoms. The highest BCUT2D eigenvalue weighted by atomic mass is 79.9. The van der Waals surface area contributed by atoms with E-state index in [2.05, 4.69) is 15.9 Å². The lowest BCUT2D eigenvalue weighted by Gasteiger charge is -2.08. The SMILES string of the molecule is O=C(Cc1ccc(Br)cc1Cl)C1CCCS1. The van der Waals surface area contributed by atoms with Crippen LogP contribution in [0.25, 0.3) is 0 Å². The molecule has 1 fully saturated rings. The number of thioether (sulfide) groups is 1. The summed E-state index contributed by atoms with van der Waals surface area (Å²) in [6.07, 6.45) is 2.65. The summed E-state index contributed by atoms with van der Waals surface area (Å²) in [4.78, 5) is 12.0. The maximum atomic E-state index is 12.0. The van der Waals surface area contributed by atoms with Crippen LogP contribution >= 0.6 is 39.3 Å². The van der Waals surface area contributed by atoms with E-state index < -0.39 is 0 Å².